The summed E-state index contributed by atoms with van der Waals surface area (Å²) in [5, 5.41) is 3.66. The zero-order valence-electron chi connectivity index (χ0n) is 11.5. The van der Waals surface area contributed by atoms with Crippen LogP contribution >= 0.6 is 0 Å². The summed E-state index contributed by atoms with van der Waals surface area (Å²) in [6, 6.07) is 4.67. The van der Waals surface area contributed by atoms with E-state index in [0.717, 1.165) is 0 Å². The maximum absolute atomic E-state index is 11.9. The fourth-order valence-electron chi connectivity index (χ4n) is 1.58. The van der Waals surface area contributed by atoms with Gasteiger partial charge in [-0.1, -0.05) is 5.16 Å². The van der Waals surface area contributed by atoms with Crippen molar-refractivity contribution in [3.63, 3.8) is 0 Å². The van der Waals surface area contributed by atoms with E-state index >= 15 is 0 Å². The fraction of sp³-hybridized carbons (Fsp3) is 0.133. The highest BCUT2D eigenvalue weighted by atomic mass is 16.7. The zero-order valence-corrected chi connectivity index (χ0v) is 11.5. The Kier molecular flexibility index (Phi) is 4.50. The summed E-state index contributed by atoms with van der Waals surface area (Å²) in [7, 11) is 2.97. The van der Waals surface area contributed by atoms with Crippen molar-refractivity contribution in [2.24, 2.45) is 5.16 Å². The largest absolute Gasteiger partial charge is 0.497 e. The van der Waals surface area contributed by atoms with Crippen LogP contribution in [0.15, 0.2) is 47.7 Å². The van der Waals surface area contributed by atoms with E-state index in [2.05, 4.69) is 5.16 Å². The quantitative estimate of drug-likeness (QED) is 0.480. The summed E-state index contributed by atoms with van der Waals surface area (Å²) in [4.78, 5) is 27.7. The lowest BCUT2D eigenvalue weighted by molar-refractivity contribution is -0.110. The van der Waals surface area contributed by atoms with Gasteiger partial charge in [0.1, 0.15) is 17.2 Å². The molecule has 0 radical (unpaired) electrons. The zero-order chi connectivity index (χ0) is 15.2. The summed E-state index contributed by atoms with van der Waals surface area (Å²) in [6.45, 7) is 0. The van der Waals surface area contributed by atoms with Gasteiger partial charge in [0.25, 0.3) is 0 Å². The Bertz CT molecular complexity index is 618. The topological polar surface area (TPSA) is 74.2 Å². The van der Waals surface area contributed by atoms with Gasteiger partial charge in [-0.15, -0.1) is 0 Å². The lowest BCUT2D eigenvalue weighted by Crippen LogP contribution is -2.05. The first-order valence-corrected chi connectivity index (χ1v) is 6.05. The van der Waals surface area contributed by atoms with Crippen LogP contribution in [0.1, 0.15) is 10.4 Å². The van der Waals surface area contributed by atoms with Crippen LogP contribution in [-0.2, 0) is 9.63 Å². The Balaban J connectivity index is 2.13. The van der Waals surface area contributed by atoms with Crippen LogP contribution in [0.2, 0.25) is 0 Å². The Labute approximate surface area is 121 Å². The van der Waals surface area contributed by atoms with Crippen LogP contribution in [0.4, 0.5) is 0 Å². The molecule has 1 aliphatic carbocycles. The Hall–Kier alpha value is -2.89. The SMILES string of the molecule is COc1cc(OC)cc(C(=O)ON=C2C=CC(=O)C=C2)c1. The molecule has 1 aromatic rings. The smallest absolute Gasteiger partial charge is 0.366 e. The van der Waals surface area contributed by atoms with Gasteiger partial charge in [0.15, 0.2) is 5.78 Å². The maximum Gasteiger partial charge on any atom is 0.366 e. The number of nitrogens with zero attached hydrogens (tertiary/aromatic N) is 1. The number of hydrogen-bond acceptors (Lipinski definition) is 6. The molecule has 0 unspecified atom stereocenters. The van der Waals surface area contributed by atoms with Gasteiger partial charge in [0, 0.05) is 6.07 Å². The number of ketones is 1. The van der Waals surface area contributed by atoms with Crippen molar-refractivity contribution in [1.82, 2.24) is 0 Å². The van der Waals surface area contributed by atoms with Crippen molar-refractivity contribution >= 4 is 17.5 Å². The molecule has 108 valence electrons. The number of oxime groups is 1. The van der Waals surface area contributed by atoms with Gasteiger partial charge < -0.3 is 14.3 Å². The van der Waals surface area contributed by atoms with E-state index in [0.29, 0.717) is 17.2 Å². The van der Waals surface area contributed by atoms with Crippen LogP contribution in [0, 0.1) is 0 Å². The van der Waals surface area contributed by atoms with Crippen molar-refractivity contribution < 1.29 is 23.9 Å². The number of carbonyl (C=O) groups excluding carboxylic acids is 2. The Morgan fingerprint density at radius 3 is 2.05 bits per heavy atom. The van der Waals surface area contributed by atoms with Crippen LogP contribution in [0.25, 0.3) is 0 Å². The number of allylic oxidation sites excluding steroid dienone is 4. The summed E-state index contributed by atoms with van der Waals surface area (Å²) >= 11 is 0. The van der Waals surface area contributed by atoms with Gasteiger partial charge in [0.2, 0.25) is 0 Å². The lowest BCUT2D eigenvalue weighted by Gasteiger charge is -2.06. The maximum atomic E-state index is 11.9. The molecular weight excluding hydrogens is 274 g/mol. The highest BCUT2D eigenvalue weighted by Crippen LogP contribution is 2.23. The van der Waals surface area contributed by atoms with E-state index in [1.165, 1.54) is 50.7 Å². The second-order valence-electron chi connectivity index (χ2n) is 4.07. The van der Waals surface area contributed by atoms with Gasteiger partial charge >= 0.3 is 5.97 Å². The minimum atomic E-state index is -0.654. The molecule has 0 atom stereocenters. The highest BCUT2D eigenvalue weighted by molar-refractivity contribution is 6.16. The first-order valence-electron chi connectivity index (χ1n) is 6.05. The van der Waals surface area contributed by atoms with E-state index in [1.807, 2.05) is 0 Å². The average Bonchev–Trinajstić information content (AvgIpc) is 2.53. The molecule has 0 amide bonds. The van der Waals surface area contributed by atoms with Crippen molar-refractivity contribution in [3.8, 4) is 11.5 Å². The lowest BCUT2D eigenvalue weighted by atomic mass is 10.2. The minimum absolute atomic E-state index is 0.141. The molecule has 0 saturated carbocycles. The summed E-state index contributed by atoms with van der Waals surface area (Å²) in [5.74, 6) is 0.144. The number of rotatable bonds is 4. The number of methoxy groups -OCH3 is 2. The molecule has 6 nitrogen and oxygen atoms in total. The minimum Gasteiger partial charge on any atom is -0.497 e. The monoisotopic (exact) mass is 287 g/mol. The molecular formula is C15H13NO5. The number of ether oxygens (including phenoxy) is 2. The number of hydrogen-bond donors (Lipinski definition) is 0. The molecule has 0 saturated heterocycles. The van der Waals surface area contributed by atoms with Crippen LogP contribution < -0.4 is 9.47 Å². The van der Waals surface area contributed by atoms with Gasteiger partial charge in [-0.2, -0.15) is 0 Å². The molecule has 1 aromatic carbocycles. The van der Waals surface area contributed by atoms with Crippen LogP contribution in [-0.4, -0.2) is 31.7 Å². The molecule has 21 heavy (non-hydrogen) atoms. The first-order chi connectivity index (χ1) is 10.1. The number of carbonyl (C=O) groups is 2. The van der Waals surface area contributed by atoms with Crippen molar-refractivity contribution in [3.05, 3.63) is 48.1 Å². The van der Waals surface area contributed by atoms with E-state index in [9.17, 15) is 9.59 Å². The highest BCUT2D eigenvalue weighted by Gasteiger charge is 2.12. The number of benzene rings is 1. The molecule has 0 bridgehead atoms. The van der Waals surface area contributed by atoms with Crippen LogP contribution in [0.5, 0.6) is 11.5 Å². The summed E-state index contributed by atoms with van der Waals surface area (Å²) in [6.07, 6.45) is 5.59. The molecule has 0 aliphatic heterocycles. The second-order valence-corrected chi connectivity index (χ2v) is 4.07. The molecule has 6 heteroatoms. The van der Waals surface area contributed by atoms with Gasteiger partial charge in [-0.25, -0.2) is 4.79 Å². The van der Waals surface area contributed by atoms with Gasteiger partial charge in [-0.3, -0.25) is 4.79 Å². The molecule has 0 spiro atoms. The average molecular weight is 287 g/mol. The molecule has 2 rings (SSSR count). The normalized spacial score (nSPS) is 13.0. The van der Waals surface area contributed by atoms with E-state index < -0.39 is 5.97 Å². The molecule has 0 aromatic heterocycles. The van der Waals surface area contributed by atoms with Gasteiger partial charge in [-0.05, 0) is 36.4 Å². The second kappa shape index (κ2) is 6.51. The predicted octanol–water partition coefficient (Wildman–Crippen LogP) is 1.91. The van der Waals surface area contributed by atoms with E-state index in [1.54, 1.807) is 6.07 Å². The molecule has 0 heterocycles. The summed E-state index contributed by atoms with van der Waals surface area (Å²) < 4.78 is 10.1. The van der Waals surface area contributed by atoms with E-state index in [4.69, 9.17) is 14.3 Å². The molecule has 0 N–H and O–H groups in total. The predicted molar refractivity (Wildman–Crippen MR) is 75.7 cm³/mol. The molecule has 1 aliphatic rings. The van der Waals surface area contributed by atoms with Crippen LogP contribution in [0.3, 0.4) is 0 Å². The van der Waals surface area contributed by atoms with Gasteiger partial charge in [0.05, 0.1) is 19.8 Å². The third-order valence-corrected chi connectivity index (χ3v) is 2.66. The Morgan fingerprint density at radius 1 is 0.952 bits per heavy atom. The Morgan fingerprint density at radius 2 is 1.52 bits per heavy atom. The third-order valence-electron chi connectivity index (χ3n) is 2.66. The van der Waals surface area contributed by atoms with Crippen molar-refractivity contribution in [2.45, 2.75) is 0 Å². The van der Waals surface area contributed by atoms with E-state index in [-0.39, 0.29) is 11.3 Å². The summed E-state index contributed by atoms with van der Waals surface area (Å²) in [5.41, 5.74) is 0.619. The third kappa shape index (κ3) is 3.79. The standard InChI is InChI=1S/C15H13NO5/c1-19-13-7-10(8-14(9-13)20-2)15(18)21-16-11-3-5-12(17)6-4-11/h3-9H,1-2H3. The first kappa shape index (κ1) is 14.5. The van der Waals surface area contributed by atoms with Crippen molar-refractivity contribution in [2.75, 3.05) is 14.2 Å². The fourth-order valence-corrected chi connectivity index (χ4v) is 1.58. The molecule has 0 fully saturated rings. The van der Waals surface area contributed by atoms with Crippen molar-refractivity contribution in [1.29, 1.82) is 0 Å².